The number of nitrogens with one attached hydrogen (secondary N) is 1. The van der Waals surface area contributed by atoms with Crippen molar-refractivity contribution < 1.29 is 0 Å². The molecule has 0 aromatic heterocycles. The molecule has 0 aliphatic heterocycles. The van der Waals surface area contributed by atoms with Crippen LogP contribution in [0.2, 0.25) is 0 Å². The zero-order valence-electron chi connectivity index (χ0n) is 13.6. The van der Waals surface area contributed by atoms with Gasteiger partial charge in [-0.2, -0.15) is 0 Å². The molecule has 1 saturated carbocycles. The van der Waals surface area contributed by atoms with E-state index in [0.29, 0.717) is 6.04 Å². The van der Waals surface area contributed by atoms with Gasteiger partial charge in [-0.15, -0.1) is 0 Å². The van der Waals surface area contributed by atoms with Gasteiger partial charge in [-0.1, -0.05) is 58.0 Å². The van der Waals surface area contributed by atoms with Crippen LogP contribution >= 0.6 is 0 Å². The minimum absolute atomic E-state index is 0.592. The number of benzene rings is 1. The number of hydrogen-bond donors (Lipinski definition) is 1. The van der Waals surface area contributed by atoms with Crippen LogP contribution in [0.3, 0.4) is 0 Å². The number of hydrogen-bond acceptors (Lipinski definition) is 1. The van der Waals surface area contributed by atoms with E-state index in [1.807, 2.05) is 0 Å². The smallest absolute Gasteiger partial charge is 0.00104 e. The fourth-order valence-corrected chi connectivity index (χ4v) is 3.61. The summed E-state index contributed by atoms with van der Waals surface area (Å²) in [6, 6.07) is 11.8. The average molecular weight is 273 g/mol. The molecule has 0 radical (unpaired) electrons. The van der Waals surface area contributed by atoms with Crippen molar-refractivity contribution in [2.75, 3.05) is 6.54 Å². The molecule has 0 heterocycles. The Kier molecular flexibility index (Phi) is 5.65. The SMILES string of the molecule is CC(C)NCC1CCC(C(C)C)CC1c1ccccc1. The highest BCUT2D eigenvalue weighted by Gasteiger charge is 2.32. The molecule has 1 heteroatoms. The van der Waals surface area contributed by atoms with Crippen LogP contribution in [0.15, 0.2) is 30.3 Å². The average Bonchev–Trinajstić information content (AvgIpc) is 2.45. The lowest BCUT2D eigenvalue weighted by Gasteiger charge is -2.38. The van der Waals surface area contributed by atoms with Gasteiger partial charge in [-0.05, 0) is 55.0 Å². The van der Waals surface area contributed by atoms with E-state index in [1.165, 1.54) is 25.8 Å². The highest BCUT2D eigenvalue weighted by molar-refractivity contribution is 5.21. The van der Waals surface area contributed by atoms with Gasteiger partial charge in [-0.25, -0.2) is 0 Å². The molecule has 0 spiro atoms. The van der Waals surface area contributed by atoms with Crippen molar-refractivity contribution in [3.8, 4) is 0 Å². The first-order chi connectivity index (χ1) is 9.58. The molecule has 1 aromatic carbocycles. The molecule has 0 saturated heterocycles. The van der Waals surface area contributed by atoms with Crippen LogP contribution < -0.4 is 5.32 Å². The van der Waals surface area contributed by atoms with Crippen LogP contribution in [-0.2, 0) is 0 Å². The zero-order chi connectivity index (χ0) is 14.5. The summed E-state index contributed by atoms with van der Waals surface area (Å²) in [5.74, 6) is 3.26. The van der Waals surface area contributed by atoms with Crippen molar-refractivity contribution in [3.63, 3.8) is 0 Å². The minimum Gasteiger partial charge on any atom is -0.314 e. The minimum atomic E-state index is 0.592. The quantitative estimate of drug-likeness (QED) is 0.809. The van der Waals surface area contributed by atoms with Crippen LogP contribution in [0.1, 0.15) is 58.4 Å². The summed E-state index contributed by atoms with van der Waals surface area (Å²) in [7, 11) is 0. The second-order valence-electron chi connectivity index (χ2n) is 7.16. The van der Waals surface area contributed by atoms with Crippen molar-refractivity contribution in [1.82, 2.24) is 5.32 Å². The van der Waals surface area contributed by atoms with E-state index in [0.717, 1.165) is 23.7 Å². The molecular weight excluding hydrogens is 242 g/mol. The van der Waals surface area contributed by atoms with Gasteiger partial charge in [0.1, 0.15) is 0 Å². The Morgan fingerprint density at radius 3 is 2.35 bits per heavy atom. The molecule has 20 heavy (non-hydrogen) atoms. The molecule has 3 atom stereocenters. The lowest BCUT2D eigenvalue weighted by atomic mass is 9.68. The Morgan fingerprint density at radius 1 is 1.05 bits per heavy atom. The predicted octanol–water partition coefficient (Wildman–Crippen LogP) is 4.84. The summed E-state index contributed by atoms with van der Waals surface area (Å²) >= 11 is 0. The lowest BCUT2D eigenvalue weighted by molar-refractivity contribution is 0.188. The maximum Gasteiger partial charge on any atom is 0.00104 e. The van der Waals surface area contributed by atoms with Gasteiger partial charge in [0.2, 0.25) is 0 Å². The Morgan fingerprint density at radius 2 is 1.75 bits per heavy atom. The van der Waals surface area contributed by atoms with Gasteiger partial charge in [0.05, 0.1) is 0 Å². The zero-order valence-corrected chi connectivity index (χ0v) is 13.6. The maximum absolute atomic E-state index is 3.66. The summed E-state index contributed by atoms with van der Waals surface area (Å²) in [6.45, 7) is 10.4. The highest BCUT2D eigenvalue weighted by atomic mass is 14.9. The third kappa shape index (κ3) is 4.09. The topological polar surface area (TPSA) is 12.0 Å². The Bertz CT molecular complexity index is 382. The van der Waals surface area contributed by atoms with Crippen LogP contribution in [0.4, 0.5) is 0 Å². The van der Waals surface area contributed by atoms with Crippen molar-refractivity contribution in [2.45, 2.75) is 58.9 Å². The van der Waals surface area contributed by atoms with Gasteiger partial charge >= 0.3 is 0 Å². The van der Waals surface area contributed by atoms with E-state index in [9.17, 15) is 0 Å². The fourth-order valence-electron chi connectivity index (χ4n) is 3.61. The first-order valence-corrected chi connectivity index (χ1v) is 8.36. The first-order valence-electron chi connectivity index (χ1n) is 8.36. The number of rotatable bonds is 5. The van der Waals surface area contributed by atoms with Gasteiger partial charge in [0.25, 0.3) is 0 Å². The van der Waals surface area contributed by atoms with E-state index in [2.05, 4.69) is 63.3 Å². The fraction of sp³-hybridized carbons (Fsp3) is 0.684. The van der Waals surface area contributed by atoms with E-state index in [1.54, 1.807) is 5.56 Å². The molecule has 1 aliphatic carbocycles. The standard InChI is InChI=1S/C19H31N/c1-14(2)17-10-11-18(13-20-15(3)4)19(12-17)16-8-6-5-7-9-16/h5-9,14-15,17-20H,10-13H2,1-4H3. The molecule has 0 amide bonds. The monoisotopic (exact) mass is 273 g/mol. The molecular formula is C19H31N. The van der Waals surface area contributed by atoms with Crippen LogP contribution in [0, 0.1) is 17.8 Å². The van der Waals surface area contributed by atoms with Crippen LogP contribution in [0.5, 0.6) is 0 Å². The molecule has 3 unspecified atom stereocenters. The highest BCUT2D eigenvalue weighted by Crippen LogP contribution is 2.42. The molecule has 112 valence electrons. The Balaban J connectivity index is 2.10. The third-order valence-electron chi connectivity index (χ3n) is 4.99. The summed E-state index contributed by atoms with van der Waals surface area (Å²) in [6.07, 6.45) is 4.15. The van der Waals surface area contributed by atoms with Crippen molar-refractivity contribution in [3.05, 3.63) is 35.9 Å². The molecule has 1 N–H and O–H groups in total. The van der Waals surface area contributed by atoms with Crippen LogP contribution in [0.25, 0.3) is 0 Å². The lowest BCUT2D eigenvalue weighted by Crippen LogP contribution is -2.35. The van der Waals surface area contributed by atoms with E-state index < -0.39 is 0 Å². The van der Waals surface area contributed by atoms with Gasteiger partial charge < -0.3 is 5.32 Å². The van der Waals surface area contributed by atoms with E-state index in [-0.39, 0.29) is 0 Å². The molecule has 1 fully saturated rings. The second kappa shape index (κ2) is 7.26. The summed E-state index contributed by atoms with van der Waals surface area (Å²) in [4.78, 5) is 0. The maximum atomic E-state index is 3.66. The van der Waals surface area contributed by atoms with E-state index in [4.69, 9.17) is 0 Å². The van der Waals surface area contributed by atoms with E-state index >= 15 is 0 Å². The Labute approximate surface area is 125 Å². The first kappa shape index (κ1) is 15.6. The summed E-state index contributed by atoms with van der Waals surface area (Å²) in [5.41, 5.74) is 1.55. The normalized spacial score (nSPS) is 27.2. The third-order valence-corrected chi connectivity index (χ3v) is 4.99. The van der Waals surface area contributed by atoms with Crippen LogP contribution in [-0.4, -0.2) is 12.6 Å². The molecule has 1 aliphatic rings. The second-order valence-corrected chi connectivity index (χ2v) is 7.16. The van der Waals surface area contributed by atoms with Crippen molar-refractivity contribution >= 4 is 0 Å². The molecule has 2 rings (SSSR count). The van der Waals surface area contributed by atoms with Crippen molar-refractivity contribution in [1.29, 1.82) is 0 Å². The van der Waals surface area contributed by atoms with Gasteiger partial charge in [0, 0.05) is 6.04 Å². The largest absolute Gasteiger partial charge is 0.314 e. The van der Waals surface area contributed by atoms with Gasteiger partial charge in [-0.3, -0.25) is 0 Å². The Hall–Kier alpha value is -0.820. The summed E-state index contributed by atoms with van der Waals surface area (Å²) < 4.78 is 0. The van der Waals surface area contributed by atoms with Crippen molar-refractivity contribution in [2.24, 2.45) is 17.8 Å². The predicted molar refractivity (Wildman–Crippen MR) is 88.0 cm³/mol. The molecule has 0 bridgehead atoms. The van der Waals surface area contributed by atoms with Gasteiger partial charge in [0.15, 0.2) is 0 Å². The molecule has 1 nitrogen and oxygen atoms in total. The molecule has 1 aromatic rings. The summed E-state index contributed by atoms with van der Waals surface area (Å²) in [5, 5.41) is 3.66.